The molecule has 114 valence electrons. The van der Waals surface area contributed by atoms with E-state index in [4.69, 9.17) is 0 Å². The van der Waals surface area contributed by atoms with Crippen LogP contribution in [0.2, 0.25) is 0 Å². The fraction of sp³-hybridized carbons (Fsp3) is 0.500. The molecule has 0 fully saturated rings. The molecule has 2 aromatic rings. The Labute approximate surface area is 127 Å². The van der Waals surface area contributed by atoms with Crippen LogP contribution in [-0.4, -0.2) is 14.9 Å². The Morgan fingerprint density at radius 3 is 2.48 bits per heavy atom. The summed E-state index contributed by atoms with van der Waals surface area (Å²) in [4.78, 5) is 0. The number of aromatic nitrogens is 2. The maximum atomic E-state index is 10.2. The van der Waals surface area contributed by atoms with E-state index in [1.165, 1.54) is 11.3 Å². The molecule has 1 N–H and O–H groups in total. The first-order chi connectivity index (χ1) is 10.2. The molecule has 0 saturated carbocycles. The number of unbranched alkanes of at least 4 members (excludes halogenated alkanes) is 2. The van der Waals surface area contributed by atoms with Crippen LogP contribution >= 0.6 is 0 Å². The van der Waals surface area contributed by atoms with Gasteiger partial charge in [0.05, 0.1) is 11.4 Å². The molecule has 0 spiro atoms. The van der Waals surface area contributed by atoms with Crippen LogP contribution in [0.5, 0.6) is 5.88 Å². The molecular weight excluding hydrogens is 260 g/mol. The zero-order valence-corrected chi connectivity index (χ0v) is 13.4. The number of hydrogen-bond acceptors (Lipinski definition) is 2. The second-order valence-electron chi connectivity index (χ2n) is 5.71. The van der Waals surface area contributed by atoms with E-state index >= 15 is 0 Å². The molecule has 1 heterocycles. The molecule has 0 saturated heterocycles. The smallest absolute Gasteiger partial charge is 0.234 e. The highest BCUT2D eigenvalue weighted by atomic mass is 16.3. The van der Waals surface area contributed by atoms with Crippen molar-refractivity contribution in [2.24, 2.45) is 0 Å². The summed E-state index contributed by atoms with van der Waals surface area (Å²) >= 11 is 0. The Balaban J connectivity index is 2.44. The van der Waals surface area contributed by atoms with E-state index in [0.29, 0.717) is 0 Å². The SMILES string of the molecule is CCCCc1c(O)nn(-c2cccc(C)c2)c1CCCC. The molecule has 1 aromatic heterocycles. The minimum atomic E-state index is 0.205. The molecule has 21 heavy (non-hydrogen) atoms. The summed E-state index contributed by atoms with van der Waals surface area (Å²) in [6.07, 6.45) is 6.36. The van der Waals surface area contributed by atoms with Crippen LogP contribution in [0.25, 0.3) is 5.69 Å². The normalized spacial score (nSPS) is 11.0. The maximum Gasteiger partial charge on any atom is 0.234 e. The highest BCUT2D eigenvalue weighted by Gasteiger charge is 2.17. The zero-order valence-electron chi connectivity index (χ0n) is 13.4. The Kier molecular flexibility index (Phi) is 5.43. The number of aromatic hydroxyl groups is 1. The van der Waals surface area contributed by atoms with Crippen molar-refractivity contribution in [1.29, 1.82) is 0 Å². The highest BCUT2D eigenvalue weighted by Crippen LogP contribution is 2.27. The largest absolute Gasteiger partial charge is 0.492 e. The van der Waals surface area contributed by atoms with Crippen molar-refractivity contribution < 1.29 is 5.11 Å². The fourth-order valence-electron chi connectivity index (χ4n) is 2.66. The summed E-state index contributed by atoms with van der Waals surface area (Å²) in [6.45, 7) is 6.45. The molecular formula is C18H26N2O. The van der Waals surface area contributed by atoms with Gasteiger partial charge in [-0.3, -0.25) is 0 Å². The van der Waals surface area contributed by atoms with E-state index in [1.54, 1.807) is 0 Å². The van der Waals surface area contributed by atoms with Crippen LogP contribution < -0.4 is 0 Å². The minimum absolute atomic E-state index is 0.205. The van der Waals surface area contributed by atoms with E-state index < -0.39 is 0 Å². The lowest BCUT2D eigenvalue weighted by Gasteiger charge is -2.09. The van der Waals surface area contributed by atoms with Crippen molar-refractivity contribution in [3.05, 3.63) is 41.1 Å². The van der Waals surface area contributed by atoms with Crippen molar-refractivity contribution in [2.75, 3.05) is 0 Å². The first kappa shape index (κ1) is 15.6. The van der Waals surface area contributed by atoms with Gasteiger partial charge in [-0.2, -0.15) is 0 Å². The Morgan fingerprint density at radius 1 is 1.10 bits per heavy atom. The van der Waals surface area contributed by atoms with Gasteiger partial charge in [0.2, 0.25) is 5.88 Å². The number of nitrogens with zero attached hydrogens (tertiary/aromatic N) is 2. The number of benzene rings is 1. The quantitative estimate of drug-likeness (QED) is 0.809. The first-order valence-corrected chi connectivity index (χ1v) is 8.04. The molecule has 3 nitrogen and oxygen atoms in total. The number of rotatable bonds is 7. The molecule has 0 unspecified atom stereocenters. The van der Waals surface area contributed by atoms with Crippen LogP contribution in [-0.2, 0) is 12.8 Å². The van der Waals surface area contributed by atoms with E-state index in [0.717, 1.165) is 49.8 Å². The zero-order chi connectivity index (χ0) is 15.2. The number of aryl methyl sites for hydroxylation is 1. The van der Waals surface area contributed by atoms with Crippen molar-refractivity contribution in [1.82, 2.24) is 9.78 Å². The van der Waals surface area contributed by atoms with Gasteiger partial charge in [-0.1, -0.05) is 38.8 Å². The summed E-state index contributed by atoms with van der Waals surface area (Å²) in [5.74, 6) is 0.205. The third-order valence-corrected chi connectivity index (χ3v) is 3.86. The van der Waals surface area contributed by atoms with Crippen molar-refractivity contribution >= 4 is 0 Å². The van der Waals surface area contributed by atoms with Gasteiger partial charge in [-0.25, -0.2) is 4.68 Å². The van der Waals surface area contributed by atoms with Gasteiger partial charge in [0.25, 0.3) is 0 Å². The van der Waals surface area contributed by atoms with Gasteiger partial charge in [0.1, 0.15) is 0 Å². The molecule has 1 aromatic carbocycles. The van der Waals surface area contributed by atoms with E-state index in [-0.39, 0.29) is 5.88 Å². The summed E-state index contributed by atoms with van der Waals surface area (Å²) in [5, 5.41) is 14.6. The summed E-state index contributed by atoms with van der Waals surface area (Å²) in [5.41, 5.74) is 4.46. The highest BCUT2D eigenvalue weighted by molar-refractivity contribution is 5.41. The van der Waals surface area contributed by atoms with Crippen molar-refractivity contribution in [3.63, 3.8) is 0 Å². The standard InChI is InChI=1S/C18H26N2O/c1-4-6-11-16-17(12-7-5-2)20(19-18(16)21)15-10-8-9-14(3)13-15/h8-10,13H,4-7,11-12H2,1-3H3,(H,19,21). The molecule has 0 bridgehead atoms. The summed E-state index contributed by atoms with van der Waals surface area (Å²) in [6, 6.07) is 8.29. The Bertz CT molecular complexity index is 587. The molecule has 3 heteroatoms. The first-order valence-electron chi connectivity index (χ1n) is 8.04. The van der Waals surface area contributed by atoms with Crippen LogP contribution in [0.4, 0.5) is 0 Å². The third-order valence-electron chi connectivity index (χ3n) is 3.86. The van der Waals surface area contributed by atoms with Gasteiger partial charge >= 0.3 is 0 Å². The second-order valence-corrected chi connectivity index (χ2v) is 5.71. The average Bonchev–Trinajstić information content (AvgIpc) is 2.79. The lowest BCUT2D eigenvalue weighted by atomic mass is 10.0. The molecule has 0 atom stereocenters. The lowest BCUT2D eigenvalue weighted by Crippen LogP contribution is -2.04. The summed E-state index contributed by atoms with van der Waals surface area (Å²) in [7, 11) is 0. The van der Waals surface area contributed by atoms with Gasteiger partial charge in [-0.15, -0.1) is 5.10 Å². The van der Waals surface area contributed by atoms with E-state index in [2.05, 4.69) is 44.1 Å². The predicted molar refractivity (Wildman–Crippen MR) is 87.2 cm³/mol. The van der Waals surface area contributed by atoms with Crippen LogP contribution in [0.3, 0.4) is 0 Å². The van der Waals surface area contributed by atoms with Crippen molar-refractivity contribution in [2.45, 2.75) is 59.3 Å². The average molecular weight is 286 g/mol. The number of hydrogen-bond donors (Lipinski definition) is 1. The Hall–Kier alpha value is -1.77. The van der Waals surface area contributed by atoms with Gasteiger partial charge < -0.3 is 5.11 Å². The van der Waals surface area contributed by atoms with E-state index in [9.17, 15) is 5.11 Å². The van der Waals surface area contributed by atoms with Crippen LogP contribution in [0.15, 0.2) is 24.3 Å². The van der Waals surface area contributed by atoms with Crippen LogP contribution in [0.1, 0.15) is 56.4 Å². The molecule has 0 aliphatic rings. The fourth-order valence-corrected chi connectivity index (χ4v) is 2.66. The summed E-state index contributed by atoms with van der Waals surface area (Å²) < 4.78 is 1.93. The van der Waals surface area contributed by atoms with Crippen molar-refractivity contribution in [3.8, 4) is 11.6 Å². The van der Waals surface area contributed by atoms with E-state index in [1.807, 2.05) is 10.7 Å². The van der Waals surface area contributed by atoms with Gasteiger partial charge in [-0.05, 0) is 50.3 Å². The van der Waals surface area contributed by atoms with Crippen LogP contribution in [0, 0.1) is 6.92 Å². The molecule has 0 aliphatic carbocycles. The predicted octanol–water partition coefficient (Wildman–Crippen LogP) is 4.57. The topological polar surface area (TPSA) is 38.1 Å². The third kappa shape index (κ3) is 3.66. The monoisotopic (exact) mass is 286 g/mol. The molecule has 2 rings (SSSR count). The minimum Gasteiger partial charge on any atom is -0.492 e. The van der Waals surface area contributed by atoms with Gasteiger partial charge in [0, 0.05) is 5.56 Å². The Morgan fingerprint density at radius 2 is 1.81 bits per heavy atom. The van der Waals surface area contributed by atoms with Gasteiger partial charge in [0.15, 0.2) is 0 Å². The second kappa shape index (κ2) is 7.30. The molecule has 0 amide bonds. The lowest BCUT2D eigenvalue weighted by molar-refractivity contribution is 0.441. The maximum absolute atomic E-state index is 10.2. The molecule has 0 aliphatic heterocycles. The molecule has 0 radical (unpaired) electrons.